The number of para-hydroxylation sites is 2. The smallest absolute Gasteiger partial charge is 0.475 e. The number of aromatic amines is 2. The van der Waals surface area contributed by atoms with Gasteiger partial charge in [-0.2, -0.15) is 13.2 Å². The molecule has 5 rings (SSSR count). The number of hydrogen-bond acceptors (Lipinski definition) is 4. The maximum absolute atomic E-state index is 12.6. The lowest BCUT2D eigenvalue weighted by atomic mass is 9.85. The Hall–Kier alpha value is -3.60. The van der Waals surface area contributed by atoms with Crippen molar-refractivity contribution in [2.75, 3.05) is 0 Å². The second-order valence-corrected chi connectivity index (χ2v) is 9.03. The SMILES string of the molecule is O=C(Cc1nc2cc(Cl)ccc2[nH]1)NC1CCCC(c2nc3ccccc3[nH]2)C1.O=C(O)C(F)(F)F. The van der Waals surface area contributed by atoms with Gasteiger partial charge < -0.3 is 20.4 Å². The molecule has 1 fully saturated rings. The van der Waals surface area contributed by atoms with Crippen molar-refractivity contribution in [2.45, 2.75) is 50.2 Å². The van der Waals surface area contributed by atoms with E-state index in [1.54, 1.807) is 6.07 Å². The summed E-state index contributed by atoms with van der Waals surface area (Å²) < 4.78 is 31.7. The van der Waals surface area contributed by atoms with Crippen molar-refractivity contribution in [3.05, 3.63) is 59.1 Å². The van der Waals surface area contributed by atoms with Crippen molar-refractivity contribution in [1.29, 1.82) is 0 Å². The number of imidazole rings is 2. The monoisotopic (exact) mass is 521 g/mol. The van der Waals surface area contributed by atoms with E-state index in [1.807, 2.05) is 30.3 Å². The van der Waals surface area contributed by atoms with Gasteiger partial charge in [0.1, 0.15) is 11.6 Å². The number of benzene rings is 2. The summed E-state index contributed by atoms with van der Waals surface area (Å²) in [7, 11) is 0. The van der Waals surface area contributed by atoms with Crippen LogP contribution in [0.1, 0.15) is 43.3 Å². The van der Waals surface area contributed by atoms with Gasteiger partial charge in [0, 0.05) is 17.0 Å². The Bertz CT molecular complexity index is 1350. The Balaban J connectivity index is 0.000000384. The summed E-state index contributed by atoms with van der Waals surface area (Å²) in [4.78, 5) is 37.4. The molecular weight excluding hydrogens is 499 g/mol. The van der Waals surface area contributed by atoms with Crippen molar-refractivity contribution in [3.8, 4) is 0 Å². The van der Waals surface area contributed by atoms with E-state index in [0.717, 1.165) is 53.6 Å². The van der Waals surface area contributed by atoms with E-state index in [1.165, 1.54) is 0 Å². The average molecular weight is 522 g/mol. The lowest BCUT2D eigenvalue weighted by Crippen LogP contribution is -2.39. The number of H-pyrrole nitrogens is 2. The number of carbonyl (C=O) groups is 2. The van der Waals surface area contributed by atoms with Crippen molar-refractivity contribution in [2.24, 2.45) is 0 Å². The number of fused-ring (bicyclic) bond motifs is 2. The fraction of sp³-hybridized carbons (Fsp3) is 0.333. The van der Waals surface area contributed by atoms with Crippen LogP contribution in [0.5, 0.6) is 0 Å². The van der Waals surface area contributed by atoms with E-state index in [4.69, 9.17) is 26.5 Å². The number of aliphatic carboxylic acids is 1. The molecule has 2 unspecified atom stereocenters. The molecule has 2 atom stereocenters. The standard InChI is InChI=1S/C22H22ClN5O.C2HF3O2/c23-14-8-9-18-19(11-14)26-20(25-18)12-21(29)24-15-5-3-4-13(10-15)22-27-16-6-1-2-7-17(16)28-22;3-2(4,5)1(6)7/h1-2,6-9,11,13,15H,3-5,10,12H2,(H,24,29)(H,25,26)(H,27,28);(H,6,7). The van der Waals surface area contributed by atoms with Crippen LogP contribution in [0, 0.1) is 0 Å². The fourth-order valence-corrected chi connectivity index (χ4v) is 4.45. The van der Waals surface area contributed by atoms with Crippen LogP contribution in [0.3, 0.4) is 0 Å². The third-order valence-electron chi connectivity index (χ3n) is 5.90. The lowest BCUT2D eigenvalue weighted by molar-refractivity contribution is -0.192. The molecule has 1 aliphatic rings. The van der Waals surface area contributed by atoms with E-state index < -0.39 is 12.1 Å². The summed E-state index contributed by atoms with van der Waals surface area (Å²) in [6.45, 7) is 0. The zero-order valence-electron chi connectivity index (χ0n) is 18.9. The second-order valence-electron chi connectivity index (χ2n) is 8.59. The Kier molecular flexibility index (Phi) is 7.48. The third kappa shape index (κ3) is 6.34. The van der Waals surface area contributed by atoms with Crippen molar-refractivity contribution in [1.82, 2.24) is 25.3 Å². The number of alkyl halides is 3. The third-order valence-corrected chi connectivity index (χ3v) is 6.13. The molecule has 1 aliphatic carbocycles. The molecule has 2 heterocycles. The number of hydrogen-bond donors (Lipinski definition) is 4. The number of halogens is 4. The highest BCUT2D eigenvalue weighted by Gasteiger charge is 2.38. The van der Waals surface area contributed by atoms with Crippen LogP contribution in [0.25, 0.3) is 22.1 Å². The quantitative estimate of drug-likeness (QED) is 0.297. The normalized spacial score (nSPS) is 18.0. The van der Waals surface area contributed by atoms with Crippen LogP contribution in [0.4, 0.5) is 13.2 Å². The molecule has 0 radical (unpaired) electrons. The number of rotatable bonds is 4. The van der Waals surface area contributed by atoms with Crippen molar-refractivity contribution < 1.29 is 27.9 Å². The number of carboxylic acid groups (broad SMARTS) is 1. The van der Waals surface area contributed by atoms with Crippen LogP contribution >= 0.6 is 11.6 Å². The van der Waals surface area contributed by atoms with Gasteiger partial charge in [0.05, 0.1) is 28.5 Å². The first kappa shape index (κ1) is 25.5. The molecule has 1 amide bonds. The minimum Gasteiger partial charge on any atom is -0.475 e. The molecule has 0 bridgehead atoms. The van der Waals surface area contributed by atoms with E-state index in [-0.39, 0.29) is 18.4 Å². The molecule has 1 saturated carbocycles. The zero-order chi connectivity index (χ0) is 25.9. The van der Waals surface area contributed by atoms with Crippen LogP contribution in [0.15, 0.2) is 42.5 Å². The molecule has 0 saturated heterocycles. The van der Waals surface area contributed by atoms with E-state index >= 15 is 0 Å². The highest BCUT2D eigenvalue weighted by Crippen LogP contribution is 2.32. The molecule has 4 N–H and O–H groups in total. The van der Waals surface area contributed by atoms with Gasteiger partial charge in [-0.1, -0.05) is 30.2 Å². The number of nitrogens with zero attached hydrogens (tertiary/aromatic N) is 2. The van der Waals surface area contributed by atoms with E-state index in [2.05, 4.69) is 26.3 Å². The van der Waals surface area contributed by atoms with Crippen molar-refractivity contribution in [3.63, 3.8) is 0 Å². The van der Waals surface area contributed by atoms with Crippen LogP contribution in [-0.4, -0.2) is 49.1 Å². The van der Waals surface area contributed by atoms with Gasteiger partial charge in [-0.25, -0.2) is 14.8 Å². The fourth-order valence-electron chi connectivity index (χ4n) is 4.28. The molecule has 4 aromatic rings. The van der Waals surface area contributed by atoms with Gasteiger partial charge in [0.25, 0.3) is 0 Å². The van der Waals surface area contributed by atoms with Crippen LogP contribution < -0.4 is 5.32 Å². The van der Waals surface area contributed by atoms with Gasteiger partial charge in [0.2, 0.25) is 5.91 Å². The molecular formula is C24H23ClF3N5O3. The number of aromatic nitrogens is 4. The molecule has 8 nitrogen and oxygen atoms in total. The summed E-state index contributed by atoms with van der Waals surface area (Å²) in [6.07, 6.45) is -0.774. The Morgan fingerprint density at radius 2 is 1.78 bits per heavy atom. The molecule has 12 heteroatoms. The van der Waals surface area contributed by atoms with Crippen molar-refractivity contribution >= 4 is 45.5 Å². The van der Waals surface area contributed by atoms with Gasteiger partial charge >= 0.3 is 12.1 Å². The molecule has 190 valence electrons. The largest absolute Gasteiger partial charge is 0.490 e. The first-order valence-electron chi connectivity index (χ1n) is 11.3. The Morgan fingerprint density at radius 3 is 2.50 bits per heavy atom. The van der Waals surface area contributed by atoms with E-state index in [9.17, 15) is 18.0 Å². The highest BCUT2D eigenvalue weighted by atomic mass is 35.5. The lowest BCUT2D eigenvalue weighted by Gasteiger charge is -2.28. The summed E-state index contributed by atoms with van der Waals surface area (Å²) in [5.74, 6) is -0.739. The molecule has 0 aliphatic heterocycles. The summed E-state index contributed by atoms with van der Waals surface area (Å²) in [5, 5.41) is 11.0. The Labute approximate surface area is 208 Å². The van der Waals surface area contributed by atoms with E-state index in [0.29, 0.717) is 16.8 Å². The van der Waals surface area contributed by atoms with Crippen LogP contribution in [0.2, 0.25) is 5.02 Å². The predicted octanol–water partition coefficient (Wildman–Crippen LogP) is 5.11. The first-order chi connectivity index (χ1) is 17.1. The second kappa shape index (κ2) is 10.6. The number of carboxylic acids is 1. The zero-order valence-corrected chi connectivity index (χ0v) is 19.7. The molecule has 2 aromatic heterocycles. The van der Waals surface area contributed by atoms with Crippen LogP contribution in [-0.2, 0) is 16.0 Å². The predicted molar refractivity (Wildman–Crippen MR) is 128 cm³/mol. The van der Waals surface area contributed by atoms with Gasteiger partial charge in [-0.05, 0) is 49.6 Å². The summed E-state index contributed by atoms with van der Waals surface area (Å²) >= 11 is 6.01. The number of nitrogens with one attached hydrogen (secondary N) is 3. The topological polar surface area (TPSA) is 124 Å². The molecule has 36 heavy (non-hydrogen) atoms. The molecule has 2 aromatic carbocycles. The number of carbonyl (C=O) groups excluding carboxylic acids is 1. The maximum atomic E-state index is 12.6. The Morgan fingerprint density at radius 1 is 1.06 bits per heavy atom. The summed E-state index contributed by atoms with van der Waals surface area (Å²) in [5.41, 5.74) is 3.74. The average Bonchev–Trinajstić information content (AvgIpc) is 3.42. The minimum atomic E-state index is -5.08. The van der Waals surface area contributed by atoms with Gasteiger partial charge in [-0.3, -0.25) is 4.79 Å². The highest BCUT2D eigenvalue weighted by molar-refractivity contribution is 6.31. The minimum absolute atomic E-state index is 0.00888. The maximum Gasteiger partial charge on any atom is 0.490 e. The first-order valence-corrected chi connectivity index (χ1v) is 11.6. The van der Waals surface area contributed by atoms with Gasteiger partial charge in [0.15, 0.2) is 0 Å². The number of amides is 1. The summed E-state index contributed by atoms with van der Waals surface area (Å²) in [6, 6.07) is 13.7. The molecule has 0 spiro atoms. The van der Waals surface area contributed by atoms with Gasteiger partial charge in [-0.15, -0.1) is 0 Å².